The van der Waals surface area contributed by atoms with Crippen molar-refractivity contribution in [3.05, 3.63) is 102 Å². The maximum Gasteiger partial charge on any atom is 0.174 e. The van der Waals surface area contributed by atoms with Crippen LogP contribution >= 0.6 is 12.2 Å². The highest BCUT2D eigenvalue weighted by atomic mass is 32.1. The van der Waals surface area contributed by atoms with Gasteiger partial charge in [-0.15, -0.1) is 0 Å². The van der Waals surface area contributed by atoms with Crippen LogP contribution in [0, 0.1) is 13.8 Å². The lowest BCUT2D eigenvalue weighted by molar-refractivity contribution is 0.415. The molecule has 0 unspecified atom stereocenters. The minimum atomic E-state index is -0.131. The van der Waals surface area contributed by atoms with E-state index in [1.165, 1.54) is 0 Å². The number of benzene rings is 2. The van der Waals surface area contributed by atoms with E-state index in [0.717, 1.165) is 39.8 Å². The lowest BCUT2D eigenvalue weighted by Gasteiger charge is -2.28. The predicted molar refractivity (Wildman–Crippen MR) is 138 cm³/mol. The molecular formula is C27H26N4O2S. The van der Waals surface area contributed by atoms with Gasteiger partial charge in [-0.3, -0.25) is 4.98 Å². The molecule has 2 atom stereocenters. The van der Waals surface area contributed by atoms with Crippen LogP contribution in [0.5, 0.6) is 11.5 Å². The number of nitrogens with zero attached hydrogens (tertiary/aromatic N) is 3. The van der Waals surface area contributed by atoms with E-state index in [0.29, 0.717) is 5.11 Å². The summed E-state index contributed by atoms with van der Waals surface area (Å²) in [5.74, 6) is 1.02. The highest BCUT2D eigenvalue weighted by Gasteiger charge is 2.42. The summed E-state index contributed by atoms with van der Waals surface area (Å²) in [4.78, 5) is 6.80. The minimum absolute atomic E-state index is 0.119. The van der Waals surface area contributed by atoms with Gasteiger partial charge >= 0.3 is 0 Å². The fourth-order valence-corrected chi connectivity index (χ4v) is 5.14. The number of ether oxygens (including phenoxy) is 1. The highest BCUT2D eigenvalue weighted by molar-refractivity contribution is 7.80. The molecule has 0 amide bonds. The van der Waals surface area contributed by atoms with Crippen molar-refractivity contribution in [1.82, 2.24) is 14.9 Å². The molecule has 0 bridgehead atoms. The Morgan fingerprint density at radius 2 is 1.76 bits per heavy atom. The number of aromatic hydroxyl groups is 1. The SMILES string of the molecule is COc1cccc(N2C(=S)N[C@@H](c3ccccn3)[C@H]2c2cc(C)n(-c3ccc(O)cc3)c2C)c1. The number of hydrogen-bond acceptors (Lipinski definition) is 4. The number of hydrogen-bond donors (Lipinski definition) is 2. The molecule has 2 N–H and O–H groups in total. The van der Waals surface area contributed by atoms with Crippen LogP contribution < -0.4 is 15.0 Å². The molecule has 0 saturated carbocycles. The van der Waals surface area contributed by atoms with Gasteiger partial charge in [-0.2, -0.15) is 0 Å². The zero-order chi connectivity index (χ0) is 23.8. The van der Waals surface area contributed by atoms with Gasteiger partial charge in [0.05, 0.1) is 24.9 Å². The monoisotopic (exact) mass is 470 g/mol. The van der Waals surface area contributed by atoms with E-state index in [9.17, 15) is 5.11 Å². The normalized spacial score (nSPS) is 17.6. The molecule has 7 heteroatoms. The summed E-state index contributed by atoms with van der Waals surface area (Å²) in [6.07, 6.45) is 1.81. The van der Waals surface area contributed by atoms with Gasteiger partial charge in [-0.05, 0) is 86.2 Å². The smallest absolute Gasteiger partial charge is 0.174 e. The van der Waals surface area contributed by atoms with Crippen LogP contribution in [0.25, 0.3) is 5.69 Å². The fourth-order valence-electron chi connectivity index (χ4n) is 4.80. The number of thiocarbonyl (C=S) groups is 1. The maximum absolute atomic E-state index is 9.76. The molecule has 4 aromatic rings. The van der Waals surface area contributed by atoms with E-state index in [-0.39, 0.29) is 17.8 Å². The molecule has 172 valence electrons. The van der Waals surface area contributed by atoms with Crippen molar-refractivity contribution >= 4 is 23.0 Å². The molecule has 2 aromatic heterocycles. The number of pyridine rings is 1. The Bertz CT molecular complexity index is 1330. The highest BCUT2D eigenvalue weighted by Crippen LogP contribution is 2.44. The average molecular weight is 471 g/mol. The number of methoxy groups -OCH3 is 1. The van der Waals surface area contributed by atoms with Crippen molar-refractivity contribution in [2.45, 2.75) is 25.9 Å². The zero-order valence-electron chi connectivity index (χ0n) is 19.3. The standard InChI is InChI=1S/C27H26N4O2S/c1-17-15-23(18(2)30(17)19-10-12-21(32)13-11-19)26-25(24-9-4-5-14-28-24)29-27(34)31(26)20-7-6-8-22(16-20)33-3/h4-16,25-26,32H,1-3H3,(H,29,34)/t25-,26+/m0/s1. The second-order valence-electron chi connectivity index (χ2n) is 8.38. The van der Waals surface area contributed by atoms with Crippen LogP contribution in [0.2, 0.25) is 0 Å². The van der Waals surface area contributed by atoms with E-state index in [1.807, 2.05) is 60.8 Å². The molecule has 34 heavy (non-hydrogen) atoms. The first kappa shape index (κ1) is 22.0. The third-order valence-electron chi connectivity index (χ3n) is 6.33. The molecule has 5 rings (SSSR count). The topological polar surface area (TPSA) is 62.5 Å². The van der Waals surface area contributed by atoms with Gasteiger partial charge in [-0.25, -0.2) is 0 Å². The predicted octanol–water partition coefficient (Wildman–Crippen LogP) is 5.38. The van der Waals surface area contributed by atoms with Crippen LogP contribution in [0.3, 0.4) is 0 Å². The molecule has 3 heterocycles. The van der Waals surface area contributed by atoms with Crippen molar-refractivity contribution in [2.24, 2.45) is 0 Å². The van der Waals surface area contributed by atoms with E-state index in [1.54, 1.807) is 19.2 Å². The van der Waals surface area contributed by atoms with Crippen molar-refractivity contribution in [3.8, 4) is 17.2 Å². The summed E-state index contributed by atoms with van der Waals surface area (Å²) in [6, 6.07) is 23.1. The van der Waals surface area contributed by atoms with Crippen LogP contribution in [0.15, 0.2) is 79.0 Å². The largest absolute Gasteiger partial charge is 0.508 e. The third-order valence-corrected chi connectivity index (χ3v) is 6.64. The van der Waals surface area contributed by atoms with E-state index in [4.69, 9.17) is 17.0 Å². The molecule has 1 fully saturated rings. The van der Waals surface area contributed by atoms with Crippen LogP contribution in [-0.4, -0.2) is 26.9 Å². The lowest BCUT2D eigenvalue weighted by Crippen LogP contribution is -2.29. The molecule has 0 aliphatic carbocycles. The Kier molecular flexibility index (Phi) is 5.71. The number of anilines is 1. The Morgan fingerprint density at radius 3 is 2.47 bits per heavy atom. The van der Waals surface area contributed by atoms with Crippen LogP contribution in [-0.2, 0) is 0 Å². The second kappa shape index (κ2) is 8.83. The van der Waals surface area contributed by atoms with Crippen LogP contribution in [0.1, 0.15) is 34.7 Å². The van der Waals surface area contributed by atoms with Gasteiger partial charge in [0.25, 0.3) is 0 Å². The van der Waals surface area contributed by atoms with Crippen molar-refractivity contribution < 1.29 is 9.84 Å². The molecule has 1 aliphatic heterocycles. The van der Waals surface area contributed by atoms with Crippen molar-refractivity contribution in [3.63, 3.8) is 0 Å². The number of rotatable bonds is 5. The van der Waals surface area contributed by atoms with E-state index < -0.39 is 0 Å². The Morgan fingerprint density at radius 1 is 0.971 bits per heavy atom. The van der Waals surface area contributed by atoms with Crippen molar-refractivity contribution in [2.75, 3.05) is 12.0 Å². The third kappa shape index (κ3) is 3.78. The summed E-state index contributed by atoms with van der Waals surface area (Å²) >= 11 is 5.86. The van der Waals surface area contributed by atoms with Gasteiger partial charge < -0.3 is 24.6 Å². The van der Waals surface area contributed by atoms with Gasteiger partial charge in [0, 0.05) is 35.0 Å². The quantitative estimate of drug-likeness (QED) is 0.382. The van der Waals surface area contributed by atoms with Gasteiger partial charge in [-0.1, -0.05) is 12.1 Å². The summed E-state index contributed by atoms with van der Waals surface area (Å²) in [5.41, 5.74) is 6.23. The van der Waals surface area contributed by atoms with Gasteiger partial charge in [0.1, 0.15) is 11.5 Å². The first-order valence-electron chi connectivity index (χ1n) is 11.1. The number of aryl methyl sites for hydroxylation is 1. The maximum atomic E-state index is 9.76. The van der Waals surface area contributed by atoms with Crippen LogP contribution in [0.4, 0.5) is 5.69 Å². The number of phenols is 1. The molecular weight excluding hydrogens is 444 g/mol. The number of aromatic nitrogens is 2. The van der Waals surface area contributed by atoms with Gasteiger partial charge in [0.2, 0.25) is 0 Å². The molecule has 0 radical (unpaired) electrons. The molecule has 1 aliphatic rings. The Balaban J connectivity index is 1.68. The molecule has 0 spiro atoms. The summed E-state index contributed by atoms with van der Waals surface area (Å²) in [7, 11) is 1.67. The van der Waals surface area contributed by atoms with E-state index in [2.05, 4.69) is 39.7 Å². The Hall–Kier alpha value is -3.84. The summed E-state index contributed by atoms with van der Waals surface area (Å²) < 4.78 is 7.69. The second-order valence-corrected chi connectivity index (χ2v) is 8.76. The minimum Gasteiger partial charge on any atom is -0.508 e. The fraction of sp³-hybridized carbons (Fsp3) is 0.185. The summed E-state index contributed by atoms with van der Waals surface area (Å²) in [5, 5.41) is 13.9. The first-order chi connectivity index (χ1) is 16.5. The Labute approximate surface area is 204 Å². The summed E-state index contributed by atoms with van der Waals surface area (Å²) in [6.45, 7) is 4.21. The molecule has 6 nitrogen and oxygen atoms in total. The average Bonchev–Trinajstić information content (AvgIpc) is 3.35. The lowest BCUT2D eigenvalue weighted by atomic mass is 9.96. The molecule has 2 aromatic carbocycles. The number of phenolic OH excluding ortho intramolecular Hbond substituents is 1. The number of nitrogens with one attached hydrogen (secondary N) is 1. The molecule has 1 saturated heterocycles. The first-order valence-corrected chi connectivity index (χ1v) is 11.5. The van der Waals surface area contributed by atoms with Gasteiger partial charge in [0.15, 0.2) is 5.11 Å². The zero-order valence-corrected chi connectivity index (χ0v) is 20.1. The van der Waals surface area contributed by atoms with E-state index >= 15 is 0 Å². The van der Waals surface area contributed by atoms with Crippen molar-refractivity contribution in [1.29, 1.82) is 0 Å².